The number of allylic oxidation sites excluding steroid dienone is 1. The van der Waals surface area contributed by atoms with Crippen molar-refractivity contribution in [1.82, 2.24) is 4.31 Å². The molecule has 1 aliphatic carbocycles. The number of hydrogen-bond donors (Lipinski definition) is 0. The van der Waals surface area contributed by atoms with Gasteiger partial charge in [-0.05, 0) is 62.6 Å². The van der Waals surface area contributed by atoms with Gasteiger partial charge in [-0.1, -0.05) is 66.3 Å². The normalized spacial score (nSPS) is 25.7. The molecule has 158 valence electrons. The molecule has 0 aromatic heterocycles. The van der Waals surface area contributed by atoms with Crippen LogP contribution in [0.4, 0.5) is 0 Å². The summed E-state index contributed by atoms with van der Waals surface area (Å²) in [7, 11) is -3.61. The van der Waals surface area contributed by atoms with Gasteiger partial charge in [-0.25, -0.2) is 8.42 Å². The quantitative estimate of drug-likeness (QED) is 0.564. The van der Waals surface area contributed by atoms with Crippen molar-refractivity contribution in [3.8, 4) is 0 Å². The van der Waals surface area contributed by atoms with Gasteiger partial charge in [0, 0.05) is 18.0 Å². The second-order valence-corrected chi connectivity index (χ2v) is 10.9. The first-order chi connectivity index (χ1) is 14.2. The molecule has 4 heteroatoms. The lowest BCUT2D eigenvalue weighted by molar-refractivity contribution is 0.301. The minimum atomic E-state index is -3.61. The lowest BCUT2D eigenvalue weighted by Crippen LogP contribution is -2.43. The van der Waals surface area contributed by atoms with Gasteiger partial charge in [0.05, 0.1) is 4.90 Å². The van der Waals surface area contributed by atoms with Crippen molar-refractivity contribution >= 4 is 10.0 Å². The van der Waals surface area contributed by atoms with Crippen LogP contribution in [0.25, 0.3) is 0 Å². The standard InChI is InChI=1S/C26H31NO2S/c1-6-10-21(5)26-16-23(26)17-27(24(26)15-22-11-8-7-9-12-22)30(28,29)25-19(3)13-18(2)14-20(25)4/h6-9,11-14,23-24H,1,5,10,15-17H2,2-4H3/t23-,24-,26+/m0/s1. The van der Waals surface area contributed by atoms with E-state index >= 15 is 0 Å². The molecule has 1 heterocycles. The van der Waals surface area contributed by atoms with Gasteiger partial charge in [-0.2, -0.15) is 4.31 Å². The maximum atomic E-state index is 14.0. The summed E-state index contributed by atoms with van der Waals surface area (Å²) in [4.78, 5) is 0.469. The highest BCUT2D eigenvalue weighted by molar-refractivity contribution is 7.89. The molecular weight excluding hydrogens is 390 g/mol. The molecule has 3 atom stereocenters. The van der Waals surface area contributed by atoms with Gasteiger partial charge < -0.3 is 0 Å². The SMILES string of the molecule is C=CCC(=C)[C@]12C[C@H]1CN(S(=O)(=O)c1c(C)cc(C)cc1C)[C@H]2Cc1ccccc1. The van der Waals surface area contributed by atoms with Crippen molar-refractivity contribution in [2.45, 2.75) is 51.0 Å². The number of rotatable bonds is 7. The molecule has 0 amide bonds. The van der Waals surface area contributed by atoms with Crippen LogP contribution in [0.15, 0.2) is 72.2 Å². The van der Waals surface area contributed by atoms with E-state index in [1.54, 1.807) is 4.31 Å². The Kier molecular flexibility index (Phi) is 5.27. The Hall–Kier alpha value is -2.17. The average Bonchev–Trinajstić information content (AvgIpc) is 3.31. The average molecular weight is 422 g/mol. The second kappa shape index (κ2) is 7.51. The van der Waals surface area contributed by atoms with E-state index in [2.05, 4.69) is 25.3 Å². The van der Waals surface area contributed by atoms with E-state index in [1.165, 1.54) is 5.56 Å². The van der Waals surface area contributed by atoms with Gasteiger partial charge in [-0.15, -0.1) is 6.58 Å². The first-order valence-corrected chi connectivity index (χ1v) is 12.1. The molecule has 1 saturated carbocycles. The molecule has 30 heavy (non-hydrogen) atoms. The van der Waals surface area contributed by atoms with Crippen molar-refractivity contribution in [3.05, 3.63) is 89.5 Å². The first-order valence-electron chi connectivity index (χ1n) is 10.6. The fourth-order valence-electron chi connectivity index (χ4n) is 5.70. The van der Waals surface area contributed by atoms with Crippen LogP contribution < -0.4 is 0 Å². The Morgan fingerprint density at radius 1 is 1.17 bits per heavy atom. The molecule has 0 unspecified atom stereocenters. The van der Waals surface area contributed by atoms with Crippen molar-refractivity contribution in [2.24, 2.45) is 11.3 Å². The summed E-state index contributed by atoms with van der Waals surface area (Å²) in [6, 6.07) is 14.0. The van der Waals surface area contributed by atoms with Gasteiger partial charge >= 0.3 is 0 Å². The van der Waals surface area contributed by atoms with Crippen LogP contribution in [0.3, 0.4) is 0 Å². The zero-order valence-electron chi connectivity index (χ0n) is 18.2. The van der Waals surface area contributed by atoms with Crippen LogP contribution in [0.1, 0.15) is 35.1 Å². The lowest BCUT2D eigenvalue weighted by Gasteiger charge is -2.33. The molecule has 0 radical (unpaired) electrons. The highest BCUT2D eigenvalue weighted by Gasteiger charge is 2.68. The van der Waals surface area contributed by atoms with E-state index in [0.717, 1.165) is 35.1 Å². The van der Waals surface area contributed by atoms with Crippen LogP contribution in [0.5, 0.6) is 0 Å². The molecule has 0 N–H and O–H groups in total. The Morgan fingerprint density at radius 2 is 1.80 bits per heavy atom. The summed E-state index contributed by atoms with van der Waals surface area (Å²) in [5, 5.41) is 0. The van der Waals surface area contributed by atoms with Gasteiger partial charge in [0.2, 0.25) is 10.0 Å². The van der Waals surface area contributed by atoms with Crippen LogP contribution in [-0.4, -0.2) is 25.3 Å². The van der Waals surface area contributed by atoms with Crippen molar-refractivity contribution in [2.75, 3.05) is 6.54 Å². The van der Waals surface area contributed by atoms with Crippen LogP contribution >= 0.6 is 0 Å². The maximum Gasteiger partial charge on any atom is 0.243 e. The number of benzene rings is 2. The highest BCUT2D eigenvalue weighted by Crippen LogP contribution is 2.67. The smallest absolute Gasteiger partial charge is 0.207 e. The van der Waals surface area contributed by atoms with Crippen molar-refractivity contribution in [1.29, 1.82) is 0 Å². The number of fused-ring (bicyclic) bond motifs is 1. The Morgan fingerprint density at radius 3 is 2.40 bits per heavy atom. The minimum absolute atomic E-state index is 0.109. The van der Waals surface area contributed by atoms with Crippen molar-refractivity contribution in [3.63, 3.8) is 0 Å². The third-order valence-corrected chi connectivity index (χ3v) is 9.17. The molecule has 4 rings (SSSR count). The highest BCUT2D eigenvalue weighted by atomic mass is 32.2. The van der Waals surface area contributed by atoms with Crippen LogP contribution in [0, 0.1) is 32.1 Å². The van der Waals surface area contributed by atoms with E-state index < -0.39 is 10.0 Å². The number of hydrogen-bond acceptors (Lipinski definition) is 2. The largest absolute Gasteiger partial charge is 0.243 e. The minimum Gasteiger partial charge on any atom is -0.207 e. The number of aryl methyl sites for hydroxylation is 3. The lowest BCUT2D eigenvalue weighted by atomic mass is 9.83. The monoisotopic (exact) mass is 421 g/mol. The molecule has 2 aromatic carbocycles. The number of nitrogens with zero attached hydrogens (tertiary/aromatic N) is 1. The summed E-state index contributed by atoms with van der Waals surface area (Å²) in [6.07, 6.45) is 4.35. The molecule has 2 aromatic rings. The zero-order chi connectivity index (χ0) is 21.7. The summed E-state index contributed by atoms with van der Waals surface area (Å²) < 4.78 is 29.7. The third-order valence-electron chi connectivity index (χ3n) is 6.99. The van der Waals surface area contributed by atoms with Crippen LogP contribution in [-0.2, 0) is 16.4 Å². The fraction of sp³-hybridized carbons (Fsp3) is 0.385. The first kappa shape index (κ1) is 21.1. The predicted octanol–water partition coefficient (Wildman–Crippen LogP) is 5.37. The predicted molar refractivity (Wildman–Crippen MR) is 123 cm³/mol. The molecule has 0 bridgehead atoms. The van der Waals surface area contributed by atoms with Gasteiger partial charge in [-0.3, -0.25) is 0 Å². The fourth-order valence-corrected chi connectivity index (χ4v) is 7.84. The Balaban J connectivity index is 1.79. The van der Waals surface area contributed by atoms with E-state index in [4.69, 9.17) is 0 Å². The molecular formula is C26H31NO2S. The maximum absolute atomic E-state index is 14.0. The molecule has 1 saturated heterocycles. The van der Waals surface area contributed by atoms with Gasteiger partial charge in [0.25, 0.3) is 0 Å². The van der Waals surface area contributed by atoms with E-state index in [9.17, 15) is 8.42 Å². The summed E-state index contributed by atoms with van der Waals surface area (Å²) in [5.74, 6) is 0.347. The topological polar surface area (TPSA) is 37.4 Å². The molecule has 3 nitrogen and oxygen atoms in total. The van der Waals surface area contributed by atoms with Gasteiger partial charge in [0.1, 0.15) is 0 Å². The molecule has 2 fully saturated rings. The number of sulfonamides is 1. The summed E-state index contributed by atoms with van der Waals surface area (Å²) in [6.45, 7) is 14.6. The second-order valence-electron chi connectivity index (χ2n) is 9.05. The van der Waals surface area contributed by atoms with Crippen LogP contribution in [0.2, 0.25) is 0 Å². The number of piperidine rings is 1. The summed E-state index contributed by atoms with van der Waals surface area (Å²) in [5.41, 5.74) is 4.89. The molecule has 0 spiro atoms. The van der Waals surface area contributed by atoms with E-state index in [-0.39, 0.29) is 11.5 Å². The van der Waals surface area contributed by atoms with Gasteiger partial charge in [0.15, 0.2) is 0 Å². The Labute approximate surface area is 181 Å². The zero-order valence-corrected chi connectivity index (χ0v) is 19.0. The third kappa shape index (κ3) is 3.27. The molecule has 1 aliphatic heterocycles. The molecule has 2 aliphatic rings. The van der Waals surface area contributed by atoms with E-state index in [0.29, 0.717) is 23.8 Å². The van der Waals surface area contributed by atoms with Crippen molar-refractivity contribution < 1.29 is 8.42 Å². The summed E-state index contributed by atoms with van der Waals surface area (Å²) >= 11 is 0. The Bertz CT molecular complexity index is 1080. The van der Waals surface area contributed by atoms with E-state index in [1.807, 2.05) is 57.2 Å².